The first kappa shape index (κ1) is 23.3. The summed E-state index contributed by atoms with van der Waals surface area (Å²) in [5.41, 5.74) is 3.63. The fourth-order valence-electron chi connectivity index (χ4n) is 5.66. The van der Waals surface area contributed by atoms with Crippen molar-refractivity contribution in [3.8, 4) is 6.07 Å². The molecule has 188 valence electrons. The Labute approximate surface area is 214 Å². The lowest BCUT2D eigenvalue weighted by Crippen LogP contribution is -2.43. The number of anilines is 1. The number of halogens is 1. The number of amides is 2. The van der Waals surface area contributed by atoms with Crippen LogP contribution in [-0.2, 0) is 4.79 Å². The Hall–Kier alpha value is -4.06. The van der Waals surface area contributed by atoms with Gasteiger partial charge < -0.3 is 5.32 Å². The Morgan fingerprint density at radius 2 is 2.05 bits per heavy atom. The topological polar surface area (TPSA) is 104 Å². The minimum absolute atomic E-state index is 0.0357. The minimum Gasteiger partial charge on any atom is -0.349 e. The Balaban J connectivity index is 1.08. The van der Waals surface area contributed by atoms with E-state index in [0.717, 1.165) is 24.1 Å². The SMILES string of the molecule is Cc1cc(N2C[C@H]3C[C@H]3C2=O)ncc1[C@H](C)n1cc(C(=O)NC2CC(c3cc(F)ccc3C#N)C2)cn1. The van der Waals surface area contributed by atoms with Crippen LogP contribution in [0.4, 0.5) is 10.2 Å². The van der Waals surface area contributed by atoms with Gasteiger partial charge in [-0.15, -0.1) is 0 Å². The van der Waals surface area contributed by atoms with Gasteiger partial charge in [-0.1, -0.05) is 0 Å². The lowest BCUT2D eigenvalue weighted by atomic mass is 9.74. The Morgan fingerprint density at radius 3 is 2.76 bits per heavy atom. The van der Waals surface area contributed by atoms with Crippen LogP contribution in [0.3, 0.4) is 0 Å². The maximum atomic E-state index is 13.7. The number of aromatic nitrogens is 3. The second kappa shape index (κ2) is 8.80. The monoisotopic (exact) mass is 498 g/mol. The van der Waals surface area contributed by atoms with E-state index >= 15 is 0 Å². The average Bonchev–Trinajstić information content (AvgIpc) is 3.31. The van der Waals surface area contributed by atoms with E-state index in [0.29, 0.717) is 41.3 Å². The maximum absolute atomic E-state index is 13.7. The van der Waals surface area contributed by atoms with Crippen molar-refractivity contribution < 1.29 is 14.0 Å². The van der Waals surface area contributed by atoms with E-state index in [2.05, 4.69) is 21.5 Å². The van der Waals surface area contributed by atoms with Crippen LogP contribution in [0, 0.1) is 35.9 Å². The van der Waals surface area contributed by atoms with Crippen LogP contribution in [0.5, 0.6) is 0 Å². The fourth-order valence-corrected chi connectivity index (χ4v) is 5.66. The van der Waals surface area contributed by atoms with Crippen molar-refractivity contribution in [3.05, 3.63) is 76.5 Å². The van der Waals surface area contributed by atoms with Gasteiger partial charge in [-0.2, -0.15) is 10.4 Å². The third-order valence-electron chi connectivity index (χ3n) is 8.09. The number of carbonyl (C=O) groups excluding carboxylic acids is 2. The van der Waals surface area contributed by atoms with E-state index in [-0.39, 0.29) is 41.6 Å². The van der Waals surface area contributed by atoms with Crippen LogP contribution >= 0.6 is 0 Å². The molecule has 1 saturated heterocycles. The van der Waals surface area contributed by atoms with Crippen molar-refractivity contribution >= 4 is 17.6 Å². The molecule has 8 nitrogen and oxygen atoms in total. The Kier molecular flexibility index (Phi) is 5.55. The van der Waals surface area contributed by atoms with Crippen molar-refractivity contribution in [3.63, 3.8) is 0 Å². The average molecular weight is 499 g/mol. The van der Waals surface area contributed by atoms with Gasteiger partial charge in [0.15, 0.2) is 0 Å². The molecule has 9 heteroatoms. The summed E-state index contributed by atoms with van der Waals surface area (Å²) in [6.45, 7) is 4.75. The molecule has 1 aliphatic heterocycles. The molecule has 0 unspecified atom stereocenters. The molecule has 2 aliphatic carbocycles. The predicted octanol–water partition coefficient (Wildman–Crippen LogP) is 3.87. The van der Waals surface area contributed by atoms with Crippen LogP contribution in [-0.4, -0.2) is 39.2 Å². The summed E-state index contributed by atoms with van der Waals surface area (Å²) < 4.78 is 15.4. The number of nitrogens with one attached hydrogen (secondary N) is 1. The van der Waals surface area contributed by atoms with Crippen molar-refractivity contribution in [1.29, 1.82) is 5.26 Å². The number of hydrogen-bond donors (Lipinski definition) is 1. The van der Waals surface area contributed by atoms with E-state index in [9.17, 15) is 19.2 Å². The van der Waals surface area contributed by atoms with Gasteiger partial charge in [0.1, 0.15) is 11.6 Å². The molecule has 0 spiro atoms. The second-order valence-corrected chi connectivity index (χ2v) is 10.5. The zero-order valence-corrected chi connectivity index (χ0v) is 20.7. The number of carbonyl (C=O) groups is 2. The lowest BCUT2D eigenvalue weighted by molar-refractivity contribution is -0.118. The summed E-state index contributed by atoms with van der Waals surface area (Å²) in [6, 6.07) is 8.11. The molecule has 0 bridgehead atoms. The first-order valence-corrected chi connectivity index (χ1v) is 12.6. The Morgan fingerprint density at radius 1 is 1.24 bits per heavy atom. The minimum atomic E-state index is -0.357. The van der Waals surface area contributed by atoms with E-state index in [1.807, 2.05) is 19.9 Å². The van der Waals surface area contributed by atoms with Gasteiger partial charge in [0.25, 0.3) is 5.91 Å². The summed E-state index contributed by atoms with van der Waals surface area (Å²) in [5, 5.41) is 16.7. The van der Waals surface area contributed by atoms with E-state index in [4.69, 9.17) is 0 Å². The first-order valence-electron chi connectivity index (χ1n) is 12.6. The quantitative estimate of drug-likeness (QED) is 0.556. The molecular formula is C28H27FN6O2. The summed E-state index contributed by atoms with van der Waals surface area (Å²) in [7, 11) is 0. The van der Waals surface area contributed by atoms with Gasteiger partial charge in [0, 0.05) is 30.9 Å². The highest BCUT2D eigenvalue weighted by molar-refractivity contribution is 5.99. The predicted molar refractivity (Wildman–Crippen MR) is 133 cm³/mol. The normalized spacial score (nSPS) is 24.7. The summed E-state index contributed by atoms with van der Waals surface area (Å²) >= 11 is 0. The number of aryl methyl sites for hydroxylation is 1. The molecule has 3 fully saturated rings. The number of benzene rings is 1. The highest BCUT2D eigenvalue weighted by atomic mass is 19.1. The van der Waals surface area contributed by atoms with Crippen LogP contribution in [0.2, 0.25) is 0 Å². The number of piperidine rings is 1. The summed E-state index contributed by atoms with van der Waals surface area (Å²) in [6.07, 6.45) is 7.40. The second-order valence-electron chi connectivity index (χ2n) is 10.5. The van der Waals surface area contributed by atoms with Crippen LogP contribution in [0.1, 0.15) is 70.8 Å². The lowest BCUT2D eigenvalue weighted by Gasteiger charge is -2.36. The molecule has 6 rings (SSSR count). The van der Waals surface area contributed by atoms with Gasteiger partial charge in [-0.3, -0.25) is 19.2 Å². The van der Waals surface area contributed by atoms with Crippen molar-refractivity contribution in [2.75, 3.05) is 11.4 Å². The summed E-state index contributed by atoms with van der Waals surface area (Å²) in [4.78, 5) is 31.6. The number of nitriles is 1. The number of hydrogen-bond acceptors (Lipinski definition) is 5. The van der Waals surface area contributed by atoms with Crippen molar-refractivity contribution in [2.24, 2.45) is 11.8 Å². The van der Waals surface area contributed by atoms with Gasteiger partial charge in [0.05, 0.1) is 29.4 Å². The molecular weight excluding hydrogens is 471 g/mol. The largest absolute Gasteiger partial charge is 0.349 e. The molecule has 3 aromatic rings. The maximum Gasteiger partial charge on any atom is 0.254 e. The van der Waals surface area contributed by atoms with Gasteiger partial charge >= 0.3 is 0 Å². The van der Waals surface area contributed by atoms with Crippen LogP contribution in [0.15, 0.2) is 42.9 Å². The zero-order chi connectivity index (χ0) is 25.8. The fraction of sp³-hybridized carbons (Fsp3) is 0.393. The molecule has 2 saturated carbocycles. The van der Waals surface area contributed by atoms with Gasteiger partial charge in [0.2, 0.25) is 5.91 Å². The Bertz CT molecular complexity index is 1450. The number of fused-ring (bicyclic) bond motifs is 1. The molecule has 3 heterocycles. The van der Waals surface area contributed by atoms with Crippen LogP contribution in [0.25, 0.3) is 0 Å². The highest BCUT2D eigenvalue weighted by Crippen LogP contribution is 2.47. The molecule has 1 N–H and O–H groups in total. The van der Waals surface area contributed by atoms with E-state index in [1.54, 1.807) is 28.2 Å². The van der Waals surface area contributed by atoms with Crippen LogP contribution < -0.4 is 10.2 Å². The molecule has 1 aromatic carbocycles. The van der Waals surface area contributed by atoms with E-state index < -0.39 is 0 Å². The third kappa shape index (κ3) is 4.16. The van der Waals surface area contributed by atoms with Gasteiger partial charge in [-0.25, -0.2) is 9.37 Å². The highest BCUT2D eigenvalue weighted by Gasteiger charge is 2.52. The smallest absolute Gasteiger partial charge is 0.254 e. The number of rotatable bonds is 6. The molecule has 2 aromatic heterocycles. The number of nitrogens with zero attached hydrogens (tertiary/aromatic N) is 5. The van der Waals surface area contributed by atoms with Crippen molar-refractivity contribution in [1.82, 2.24) is 20.1 Å². The standard InChI is InChI=1S/C28H27FN6O2/c1-15-5-26(34-13-19-8-24(19)28(34)37)31-12-25(15)16(2)35-14-20(11-32-35)27(36)33-22-6-18(7-22)23-9-21(29)4-3-17(23)10-30/h3-5,9,11-12,14,16,18-19,22,24H,6-8,13H2,1-2H3,(H,33,36)/t16-,18?,19+,22?,24+/m0/s1. The van der Waals surface area contributed by atoms with Gasteiger partial charge in [-0.05, 0) is 85.9 Å². The molecule has 0 radical (unpaired) electrons. The molecule has 37 heavy (non-hydrogen) atoms. The van der Waals surface area contributed by atoms with Crippen molar-refractivity contribution in [2.45, 2.75) is 51.1 Å². The zero-order valence-electron chi connectivity index (χ0n) is 20.7. The number of pyridine rings is 1. The molecule has 3 aliphatic rings. The third-order valence-corrected chi connectivity index (χ3v) is 8.09. The summed E-state index contributed by atoms with van der Waals surface area (Å²) in [5.74, 6) is 1.05. The molecule has 3 atom stereocenters. The molecule has 2 amide bonds. The van der Waals surface area contributed by atoms with E-state index in [1.165, 1.54) is 18.2 Å². The first-order chi connectivity index (χ1) is 17.8.